The van der Waals surface area contributed by atoms with E-state index in [0.717, 1.165) is 0 Å². The number of aromatic nitrogens is 1. The molecular formula is C25H20FN3O3. The largest absolute Gasteiger partial charge is 0.497 e. The van der Waals surface area contributed by atoms with Crippen LogP contribution in [-0.4, -0.2) is 31.3 Å². The molecule has 7 heteroatoms. The van der Waals surface area contributed by atoms with Crippen molar-refractivity contribution < 1.29 is 18.7 Å². The third-order valence-corrected chi connectivity index (χ3v) is 4.91. The van der Waals surface area contributed by atoms with Gasteiger partial charge in [-0.05, 0) is 48.5 Å². The first kappa shape index (κ1) is 21.0. The number of ether oxygens (including phenoxy) is 2. The molecule has 6 nitrogen and oxygen atoms in total. The maximum Gasteiger partial charge on any atom is 0.272 e. The molecule has 0 fully saturated rings. The highest BCUT2D eigenvalue weighted by Crippen LogP contribution is 2.26. The van der Waals surface area contributed by atoms with Crippen molar-refractivity contribution in [1.29, 1.82) is 0 Å². The summed E-state index contributed by atoms with van der Waals surface area (Å²) in [6.07, 6.45) is 1.50. The average molecular weight is 429 g/mol. The Morgan fingerprint density at radius 1 is 1.00 bits per heavy atom. The van der Waals surface area contributed by atoms with Crippen molar-refractivity contribution >= 4 is 23.0 Å². The first-order chi connectivity index (χ1) is 15.6. The molecule has 160 valence electrons. The topological polar surface area (TPSA) is 72.8 Å². The van der Waals surface area contributed by atoms with E-state index >= 15 is 0 Å². The summed E-state index contributed by atoms with van der Waals surface area (Å²) < 4.78 is 23.9. The van der Waals surface area contributed by atoms with Gasteiger partial charge in [-0.15, -0.1) is 0 Å². The number of hydrogen-bond donors (Lipinski definition) is 1. The summed E-state index contributed by atoms with van der Waals surface area (Å²) in [7, 11) is 3.12. The van der Waals surface area contributed by atoms with Gasteiger partial charge in [-0.2, -0.15) is 5.10 Å². The van der Waals surface area contributed by atoms with Crippen LogP contribution in [0.15, 0.2) is 77.9 Å². The minimum absolute atomic E-state index is 0.337. The lowest BCUT2D eigenvalue weighted by Crippen LogP contribution is -2.18. The number of benzene rings is 3. The van der Waals surface area contributed by atoms with Gasteiger partial charge in [-0.3, -0.25) is 4.79 Å². The highest BCUT2D eigenvalue weighted by molar-refractivity contribution is 6.07. The van der Waals surface area contributed by atoms with Crippen molar-refractivity contribution in [3.8, 4) is 22.8 Å². The second kappa shape index (κ2) is 9.26. The second-order valence-corrected chi connectivity index (χ2v) is 6.89. The van der Waals surface area contributed by atoms with Crippen LogP contribution in [0.4, 0.5) is 4.39 Å². The Morgan fingerprint density at radius 2 is 1.78 bits per heavy atom. The normalized spacial score (nSPS) is 11.0. The van der Waals surface area contributed by atoms with E-state index in [1.54, 1.807) is 50.6 Å². The van der Waals surface area contributed by atoms with Crippen LogP contribution < -0.4 is 14.9 Å². The third-order valence-electron chi connectivity index (χ3n) is 4.91. The van der Waals surface area contributed by atoms with E-state index in [1.165, 1.54) is 18.3 Å². The Bertz CT molecular complexity index is 1300. The molecule has 4 rings (SSSR count). The summed E-state index contributed by atoms with van der Waals surface area (Å²) in [4.78, 5) is 17.6. The predicted molar refractivity (Wildman–Crippen MR) is 122 cm³/mol. The number of hydrogen-bond acceptors (Lipinski definition) is 5. The van der Waals surface area contributed by atoms with E-state index in [2.05, 4.69) is 15.5 Å². The van der Waals surface area contributed by atoms with E-state index in [-0.39, 0.29) is 5.82 Å². The Hall–Kier alpha value is -4.26. The van der Waals surface area contributed by atoms with Gasteiger partial charge in [0.15, 0.2) is 0 Å². The summed E-state index contributed by atoms with van der Waals surface area (Å²) in [6, 6.07) is 20.3. The maximum absolute atomic E-state index is 13.3. The quantitative estimate of drug-likeness (QED) is 0.352. The average Bonchev–Trinajstić information content (AvgIpc) is 2.83. The Balaban J connectivity index is 1.65. The Morgan fingerprint density at radius 3 is 2.53 bits per heavy atom. The number of methoxy groups -OCH3 is 2. The number of amides is 1. The Labute approximate surface area is 184 Å². The smallest absolute Gasteiger partial charge is 0.272 e. The molecule has 0 bridgehead atoms. The number of fused-ring (bicyclic) bond motifs is 1. The summed E-state index contributed by atoms with van der Waals surface area (Å²) in [6.45, 7) is 0. The summed E-state index contributed by atoms with van der Waals surface area (Å²) in [5.41, 5.74) is 5.58. The van der Waals surface area contributed by atoms with Crippen LogP contribution in [0.3, 0.4) is 0 Å². The molecule has 32 heavy (non-hydrogen) atoms. The van der Waals surface area contributed by atoms with E-state index < -0.39 is 5.91 Å². The highest BCUT2D eigenvalue weighted by atomic mass is 19.1. The van der Waals surface area contributed by atoms with Gasteiger partial charge in [0.2, 0.25) is 0 Å². The van der Waals surface area contributed by atoms with Crippen LogP contribution >= 0.6 is 0 Å². The van der Waals surface area contributed by atoms with Gasteiger partial charge in [0.25, 0.3) is 5.91 Å². The molecule has 0 unspecified atom stereocenters. The van der Waals surface area contributed by atoms with Crippen molar-refractivity contribution in [3.63, 3.8) is 0 Å². The number of para-hydroxylation sites is 1. The number of rotatable bonds is 6. The van der Waals surface area contributed by atoms with E-state index in [9.17, 15) is 9.18 Å². The molecule has 0 radical (unpaired) electrons. The molecule has 1 amide bonds. The number of halogens is 1. The molecule has 4 aromatic rings. The lowest BCUT2D eigenvalue weighted by Gasteiger charge is -2.09. The van der Waals surface area contributed by atoms with E-state index in [4.69, 9.17) is 9.47 Å². The zero-order chi connectivity index (χ0) is 22.5. The van der Waals surface area contributed by atoms with Crippen molar-refractivity contribution in [2.45, 2.75) is 0 Å². The van der Waals surface area contributed by atoms with Crippen LogP contribution in [-0.2, 0) is 0 Å². The fourth-order valence-corrected chi connectivity index (χ4v) is 3.28. The molecule has 0 saturated carbocycles. The highest BCUT2D eigenvalue weighted by Gasteiger charge is 2.14. The standard InChI is InChI=1S/C25H20FN3O3/c1-31-19-12-9-17(24(13-19)32-2)15-27-29-25(30)21-14-23(16-7-10-18(26)11-8-16)28-22-6-4-3-5-20(21)22/h3-15H,1-2H3,(H,29,30). The maximum atomic E-state index is 13.3. The first-order valence-electron chi connectivity index (χ1n) is 9.80. The lowest BCUT2D eigenvalue weighted by molar-refractivity contribution is 0.0956. The predicted octanol–water partition coefficient (Wildman–Crippen LogP) is 4.82. The minimum atomic E-state index is -0.393. The molecule has 0 saturated heterocycles. The van der Waals surface area contributed by atoms with Crippen LogP contribution in [0.2, 0.25) is 0 Å². The van der Waals surface area contributed by atoms with Crippen LogP contribution in [0, 0.1) is 5.82 Å². The molecular weight excluding hydrogens is 409 g/mol. The van der Waals surface area contributed by atoms with Gasteiger partial charge in [-0.25, -0.2) is 14.8 Å². The summed E-state index contributed by atoms with van der Waals surface area (Å²) in [5.74, 6) is 0.487. The molecule has 0 aliphatic carbocycles. The van der Waals surface area contributed by atoms with Gasteiger partial charge in [0, 0.05) is 22.6 Å². The third kappa shape index (κ3) is 4.41. The second-order valence-electron chi connectivity index (χ2n) is 6.89. The van der Waals surface area contributed by atoms with Gasteiger partial charge < -0.3 is 9.47 Å². The zero-order valence-corrected chi connectivity index (χ0v) is 17.5. The van der Waals surface area contributed by atoms with E-state index in [1.807, 2.05) is 24.3 Å². The van der Waals surface area contributed by atoms with Crippen LogP contribution in [0.5, 0.6) is 11.5 Å². The number of hydrazone groups is 1. The minimum Gasteiger partial charge on any atom is -0.497 e. The Kier molecular flexibility index (Phi) is 6.07. The SMILES string of the molecule is COc1ccc(C=NNC(=O)c2cc(-c3ccc(F)cc3)nc3ccccc23)c(OC)c1. The van der Waals surface area contributed by atoms with Crippen LogP contribution in [0.1, 0.15) is 15.9 Å². The fourth-order valence-electron chi connectivity index (χ4n) is 3.28. The van der Waals surface area contributed by atoms with Gasteiger partial charge in [0.05, 0.1) is 37.2 Å². The molecule has 0 atom stereocenters. The molecule has 0 aliphatic heterocycles. The fraction of sp³-hybridized carbons (Fsp3) is 0.0800. The zero-order valence-electron chi connectivity index (χ0n) is 17.5. The van der Waals surface area contributed by atoms with Crippen molar-refractivity contribution in [3.05, 3.63) is 89.7 Å². The number of carbonyl (C=O) groups excluding carboxylic acids is 1. The lowest BCUT2D eigenvalue weighted by atomic mass is 10.0. The molecule has 0 spiro atoms. The van der Waals surface area contributed by atoms with Crippen molar-refractivity contribution in [2.24, 2.45) is 5.10 Å². The van der Waals surface area contributed by atoms with Gasteiger partial charge >= 0.3 is 0 Å². The number of carbonyl (C=O) groups is 1. The molecule has 1 heterocycles. The molecule has 0 aliphatic rings. The molecule has 1 N–H and O–H groups in total. The van der Waals surface area contributed by atoms with Crippen molar-refractivity contribution in [2.75, 3.05) is 14.2 Å². The summed E-state index contributed by atoms with van der Waals surface area (Å²) >= 11 is 0. The first-order valence-corrected chi connectivity index (χ1v) is 9.80. The van der Waals surface area contributed by atoms with Crippen molar-refractivity contribution in [1.82, 2.24) is 10.4 Å². The number of pyridine rings is 1. The monoisotopic (exact) mass is 429 g/mol. The van der Waals surface area contributed by atoms with E-state index in [0.29, 0.717) is 44.8 Å². The van der Waals surface area contributed by atoms with Gasteiger partial charge in [0.1, 0.15) is 17.3 Å². The number of nitrogens with zero attached hydrogens (tertiary/aromatic N) is 2. The molecule has 3 aromatic carbocycles. The number of nitrogens with one attached hydrogen (secondary N) is 1. The summed E-state index contributed by atoms with van der Waals surface area (Å²) in [5, 5.41) is 4.78. The molecule has 1 aromatic heterocycles. The van der Waals surface area contributed by atoms with Gasteiger partial charge in [-0.1, -0.05) is 18.2 Å². The van der Waals surface area contributed by atoms with Crippen LogP contribution in [0.25, 0.3) is 22.2 Å².